The summed E-state index contributed by atoms with van der Waals surface area (Å²) in [4.78, 5) is 12.1. The lowest BCUT2D eigenvalue weighted by Crippen LogP contribution is -2.49. The van der Waals surface area contributed by atoms with Crippen molar-refractivity contribution in [3.8, 4) is 5.75 Å². The van der Waals surface area contributed by atoms with E-state index < -0.39 is 0 Å². The second-order valence-corrected chi connectivity index (χ2v) is 7.50. The number of Topliss-reactive ketones (excluding diaryl/α,β-unsaturated/α-hetero) is 1. The van der Waals surface area contributed by atoms with Gasteiger partial charge in [-0.3, -0.25) is 4.79 Å². The van der Waals surface area contributed by atoms with Crippen LogP contribution in [0.15, 0.2) is 18.2 Å². The van der Waals surface area contributed by atoms with E-state index in [0.29, 0.717) is 22.9 Å². The van der Waals surface area contributed by atoms with Crippen molar-refractivity contribution in [1.82, 2.24) is 0 Å². The summed E-state index contributed by atoms with van der Waals surface area (Å²) < 4.78 is 0. The van der Waals surface area contributed by atoms with Crippen LogP contribution in [0.3, 0.4) is 0 Å². The Morgan fingerprint density at radius 1 is 1.15 bits per heavy atom. The predicted molar refractivity (Wildman–Crippen MR) is 77.8 cm³/mol. The molecule has 0 radical (unpaired) electrons. The number of carbonyl (C=O) groups is 1. The lowest BCUT2D eigenvalue weighted by atomic mass is 9.48. The van der Waals surface area contributed by atoms with E-state index in [9.17, 15) is 9.90 Å². The Bertz CT molecular complexity index is 591. The van der Waals surface area contributed by atoms with Crippen molar-refractivity contribution in [1.29, 1.82) is 0 Å². The van der Waals surface area contributed by atoms with Gasteiger partial charge in [0.1, 0.15) is 11.5 Å². The quantitative estimate of drug-likeness (QED) is 0.774. The summed E-state index contributed by atoms with van der Waals surface area (Å²) in [7, 11) is 0. The fourth-order valence-corrected chi connectivity index (χ4v) is 4.85. The van der Waals surface area contributed by atoms with Gasteiger partial charge in [-0.1, -0.05) is 13.0 Å². The van der Waals surface area contributed by atoms with Crippen LogP contribution in [0.4, 0.5) is 0 Å². The Balaban J connectivity index is 1.76. The minimum atomic E-state index is 0.0106. The molecule has 0 bridgehead atoms. The van der Waals surface area contributed by atoms with Crippen LogP contribution >= 0.6 is 0 Å². The molecule has 1 spiro atoms. The molecule has 0 aliphatic heterocycles. The molecular formula is C18H22O2. The maximum Gasteiger partial charge on any atom is 0.139 e. The maximum absolute atomic E-state index is 12.1. The van der Waals surface area contributed by atoms with Gasteiger partial charge in [0.15, 0.2) is 0 Å². The van der Waals surface area contributed by atoms with Gasteiger partial charge >= 0.3 is 0 Å². The van der Waals surface area contributed by atoms with Gasteiger partial charge in [0.05, 0.1) is 0 Å². The number of fused-ring (bicyclic) bond motifs is 3. The van der Waals surface area contributed by atoms with Gasteiger partial charge in [0.25, 0.3) is 0 Å². The third-order valence-electron chi connectivity index (χ3n) is 6.50. The first kappa shape index (κ1) is 12.4. The zero-order chi connectivity index (χ0) is 14.0. The van der Waals surface area contributed by atoms with E-state index in [1.54, 1.807) is 0 Å². The number of carbonyl (C=O) groups excluding carboxylic acids is 1. The Hall–Kier alpha value is -1.31. The molecule has 2 nitrogen and oxygen atoms in total. The van der Waals surface area contributed by atoms with E-state index in [4.69, 9.17) is 0 Å². The molecule has 1 aromatic carbocycles. The molecule has 20 heavy (non-hydrogen) atoms. The number of hydrogen-bond donors (Lipinski definition) is 1. The van der Waals surface area contributed by atoms with Crippen LogP contribution in [-0.4, -0.2) is 10.9 Å². The van der Waals surface area contributed by atoms with Gasteiger partial charge in [0.2, 0.25) is 0 Å². The molecule has 1 aromatic rings. The molecule has 2 fully saturated rings. The highest BCUT2D eigenvalue weighted by molar-refractivity contribution is 5.90. The topological polar surface area (TPSA) is 37.3 Å². The summed E-state index contributed by atoms with van der Waals surface area (Å²) in [5.74, 6) is 1.38. The van der Waals surface area contributed by atoms with Crippen molar-refractivity contribution in [3.05, 3.63) is 29.3 Å². The number of rotatable bonds is 0. The Kier molecular flexibility index (Phi) is 2.40. The summed E-state index contributed by atoms with van der Waals surface area (Å²) in [5, 5.41) is 9.70. The van der Waals surface area contributed by atoms with E-state index >= 15 is 0 Å². The van der Waals surface area contributed by atoms with E-state index in [1.165, 1.54) is 24.0 Å². The molecule has 106 valence electrons. The minimum absolute atomic E-state index is 0.0106. The lowest BCUT2D eigenvalue weighted by Gasteiger charge is -2.55. The van der Waals surface area contributed by atoms with Crippen LogP contribution in [0.1, 0.15) is 62.5 Å². The monoisotopic (exact) mass is 270 g/mol. The number of phenolic OH excluding ortho intramolecular Hbond substituents is 1. The van der Waals surface area contributed by atoms with Crippen LogP contribution in [0.25, 0.3) is 0 Å². The smallest absolute Gasteiger partial charge is 0.139 e. The molecule has 0 heterocycles. The Labute approximate surface area is 120 Å². The molecule has 0 aromatic heterocycles. The summed E-state index contributed by atoms with van der Waals surface area (Å²) in [6, 6.07) is 5.85. The Morgan fingerprint density at radius 3 is 2.70 bits per heavy atom. The fraction of sp³-hybridized carbons (Fsp3) is 0.611. The Morgan fingerprint density at radius 2 is 2.00 bits per heavy atom. The van der Waals surface area contributed by atoms with Crippen molar-refractivity contribution < 1.29 is 9.90 Å². The molecule has 3 atom stereocenters. The van der Waals surface area contributed by atoms with Gasteiger partial charge in [-0.2, -0.15) is 0 Å². The van der Waals surface area contributed by atoms with Gasteiger partial charge in [-0.05, 0) is 73.1 Å². The van der Waals surface area contributed by atoms with Crippen molar-refractivity contribution >= 4 is 5.78 Å². The maximum atomic E-state index is 12.1. The highest BCUT2D eigenvalue weighted by Gasteiger charge is 2.55. The second kappa shape index (κ2) is 3.87. The van der Waals surface area contributed by atoms with Crippen molar-refractivity contribution in [3.63, 3.8) is 0 Å². The van der Waals surface area contributed by atoms with Gasteiger partial charge < -0.3 is 5.11 Å². The van der Waals surface area contributed by atoms with Crippen LogP contribution in [0.5, 0.6) is 5.75 Å². The largest absolute Gasteiger partial charge is 0.508 e. The van der Waals surface area contributed by atoms with Crippen molar-refractivity contribution in [2.24, 2.45) is 10.8 Å². The summed E-state index contributed by atoms with van der Waals surface area (Å²) in [6.45, 7) is 2.41. The first-order valence-corrected chi connectivity index (χ1v) is 7.88. The normalized spacial score (nSPS) is 39.0. The van der Waals surface area contributed by atoms with Gasteiger partial charge in [-0.15, -0.1) is 0 Å². The van der Waals surface area contributed by atoms with Crippen LogP contribution in [-0.2, 0) is 11.2 Å². The van der Waals surface area contributed by atoms with Gasteiger partial charge in [-0.25, -0.2) is 0 Å². The predicted octanol–water partition coefficient (Wildman–Crippen LogP) is 3.96. The van der Waals surface area contributed by atoms with E-state index in [2.05, 4.69) is 13.0 Å². The van der Waals surface area contributed by atoms with E-state index in [0.717, 1.165) is 32.1 Å². The second-order valence-electron chi connectivity index (χ2n) is 7.50. The highest BCUT2D eigenvalue weighted by Crippen LogP contribution is 2.62. The van der Waals surface area contributed by atoms with Gasteiger partial charge in [0, 0.05) is 11.8 Å². The third kappa shape index (κ3) is 1.54. The number of hydrogen-bond acceptors (Lipinski definition) is 2. The van der Waals surface area contributed by atoms with E-state index in [-0.39, 0.29) is 5.41 Å². The van der Waals surface area contributed by atoms with Crippen molar-refractivity contribution in [2.75, 3.05) is 0 Å². The molecule has 3 aliphatic carbocycles. The fourth-order valence-electron chi connectivity index (χ4n) is 4.85. The molecule has 2 heteroatoms. The SMILES string of the molecule is CC12CCc3cc(O)ccc3C1CC1(CCC1=O)CC2. The number of benzene rings is 1. The molecule has 4 rings (SSSR count). The van der Waals surface area contributed by atoms with Crippen molar-refractivity contribution in [2.45, 2.75) is 57.8 Å². The number of ketones is 1. The van der Waals surface area contributed by atoms with Crippen LogP contribution in [0, 0.1) is 10.8 Å². The van der Waals surface area contributed by atoms with Crippen LogP contribution < -0.4 is 0 Å². The van der Waals surface area contributed by atoms with E-state index in [1.807, 2.05) is 12.1 Å². The first-order chi connectivity index (χ1) is 9.52. The molecule has 3 unspecified atom stereocenters. The zero-order valence-corrected chi connectivity index (χ0v) is 12.1. The minimum Gasteiger partial charge on any atom is -0.508 e. The third-order valence-corrected chi connectivity index (χ3v) is 6.50. The lowest BCUT2D eigenvalue weighted by molar-refractivity contribution is -0.144. The standard InChI is InChI=1S/C18H22O2/c1-17-6-4-12-10-13(19)2-3-14(12)15(17)11-18(9-8-17)7-5-16(18)20/h2-3,10,15,19H,4-9,11H2,1H3. The molecule has 2 saturated carbocycles. The highest BCUT2D eigenvalue weighted by atomic mass is 16.3. The zero-order valence-electron chi connectivity index (χ0n) is 12.1. The molecule has 3 aliphatic rings. The average Bonchev–Trinajstić information content (AvgIpc) is 2.45. The molecule has 1 N–H and O–H groups in total. The summed E-state index contributed by atoms with van der Waals surface area (Å²) in [5.41, 5.74) is 3.06. The molecule has 0 saturated heterocycles. The summed E-state index contributed by atoms with van der Waals surface area (Å²) >= 11 is 0. The number of aromatic hydroxyl groups is 1. The molecule has 0 amide bonds. The number of phenols is 1. The number of aryl methyl sites for hydroxylation is 1. The average molecular weight is 270 g/mol. The van der Waals surface area contributed by atoms with Crippen LogP contribution in [0.2, 0.25) is 0 Å². The first-order valence-electron chi connectivity index (χ1n) is 7.88. The summed E-state index contributed by atoms with van der Waals surface area (Å²) in [6.07, 6.45) is 7.49. The molecular weight excluding hydrogens is 248 g/mol.